The first-order valence-electron chi connectivity index (χ1n) is 9.79. The molecule has 0 radical (unpaired) electrons. The summed E-state index contributed by atoms with van der Waals surface area (Å²) in [7, 11) is 0. The van der Waals surface area contributed by atoms with Crippen LogP contribution in [0.25, 0.3) is 16.9 Å². The fourth-order valence-corrected chi connectivity index (χ4v) is 2.83. The van der Waals surface area contributed by atoms with Gasteiger partial charge >= 0.3 is 0 Å². The molecule has 1 aromatic heterocycles. The summed E-state index contributed by atoms with van der Waals surface area (Å²) in [5, 5.41) is 16.9. The molecular weight excluding hydrogens is 423 g/mol. The molecule has 0 fully saturated rings. The molecule has 168 valence electrons. The van der Waals surface area contributed by atoms with E-state index in [0.717, 1.165) is 10.7 Å². The molecule has 3 rings (SSSR count). The molecule has 2 N–H and O–H groups in total. The number of nitrogens with zero attached hydrogens (tertiary/aromatic N) is 2. The lowest BCUT2D eigenvalue weighted by molar-refractivity contribution is 0.0408. The van der Waals surface area contributed by atoms with Gasteiger partial charge in [-0.2, -0.15) is 9.78 Å². The van der Waals surface area contributed by atoms with Gasteiger partial charge in [-0.3, -0.25) is 9.59 Å². The van der Waals surface area contributed by atoms with Crippen molar-refractivity contribution >= 4 is 5.91 Å². The lowest BCUT2D eigenvalue weighted by Crippen LogP contribution is -2.48. The highest BCUT2D eigenvalue weighted by Gasteiger charge is 2.26. The van der Waals surface area contributed by atoms with Gasteiger partial charge in [-0.15, -0.1) is 0 Å². The van der Waals surface area contributed by atoms with Gasteiger partial charge in [-0.05, 0) is 45.0 Å². The fourth-order valence-electron chi connectivity index (χ4n) is 2.83. The quantitative estimate of drug-likeness (QED) is 0.604. The Hall–Kier alpha value is -3.46. The van der Waals surface area contributed by atoms with Crippen LogP contribution in [0.1, 0.15) is 43.1 Å². The summed E-state index contributed by atoms with van der Waals surface area (Å²) in [5.41, 5.74) is -1.93. The average Bonchev–Trinajstić information content (AvgIpc) is 2.73. The maximum Gasteiger partial charge on any atom is 0.284 e. The molecule has 1 amide bonds. The molecule has 2 aromatic carbocycles. The molecule has 3 aromatic rings. The lowest BCUT2D eigenvalue weighted by atomic mass is 10.0. The molecule has 0 saturated carbocycles. The molecule has 0 aliphatic rings. The highest BCUT2D eigenvalue weighted by atomic mass is 19.3. The summed E-state index contributed by atoms with van der Waals surface area (Å²) in [6.45, 7) is 4.59. The number of nitrogens with one attached hydrogen (secondary N) is 1. The van der Waals surface area contributed by atoms with E-state index in [1.807, 2.05) is 0 Å². The van der Waals surface area contributed by atoms with Gasteiger partial charge in [0.05, 0.1) is 23.0 Å². The zero-order valence-electron chi connectivity index (χ0n) is 17.6. The minimum atomic E-state index is -2.65. The SMILES string of the molecule is CC(NC(=O)c1cc(-c2ccc(C(F)F)cc2)nn(-c2cccc(F)c2)c1=O)C(C)(C)O. The zero-order chi connectivity index (χ0) is 23.6. The van der Waals surface area contributed by atoms with Crippen molar-refractivity contribution in [2.24, 2.45) is 0 Å². The average molecular weight is 445 g/mol. The Kier molecular flexibility index (Phi) is 6.50. The number of rotatable bonds is 6. The zero-order valence-corrected chi connectivity index (χ0v) is 17.6. The van der Waals surface area contributed by atoms with Crippen molar-refractivity contribution in [3.63, 3.8) is 0 Å². The van der Waals surface area contributed by atoms with Gasteiger partial charge in [0.25, 0.3) is 17.9 Å². The van der Waals surface area contributed by atoms with E-state index in [1.165, 1.54) is 62.4 Å². The number of alkyl halides is 2. The Morgan fingerprint density at radius 3 is 2.34 bits per heavy atom. The summed E-state index contributed by atoms with van der Waals surface area (Å²) >= 11 is 0. The van der Waals surface area contributed by atoms with Crippen LogP contribution in [0.2, 0.25) is 0 Å². The number of aromatic nitrogens is 2. The molecule has 1 heterocycles. The molecule has 32 heavy (non-hydrogen) atoms. The Labute approximate surface area is 182 Å². The molecule has 1 atom stereocenters. The maximum atomic E-state index is 13.8. The Morgan fingerprint density at radius 1 is 1.12 bits per heavy atom. The van der Waals surface area contributed by atoms with Crippen molar-refractivity contribution in [2.75, 3.05) is 0 Å². The number of halogens is 3. The van der Waals surface area contributed by atoms with Crippen LogP contribution in [0.5, 0.6) is 0 Å². The number of carbonyl (C=O) groups excluding carboxylic acids is 1. The summed E-state index contributed by atoms with van der Waals surface area (Å²) < 4.78 is 40.4. The molecule has 6 nitrogen and oxygen atoms in total. The van der Waals surface area contributed by atoms with E-state index in [-0.39, 0.29) is 22.5 Å². The first-order valence-corrected chi connectivity index (χ1v) is 9.79. The highest BCUT2D eigenvalue weighted by molar-refractivity contribution is 5.95. The van der Waals surface area contributed by atoms with Crippen LogP contribution in [0, 0.1) is 5.82 Å². The van der Waals surface area contributed by atoms with Crippen LogP contribution in [0.15, 0.2) is 59.4 Å². The van der Waals surface area contributed by atoms with Crippen LogP contribution >= 0.6 is 0 Å². The lowest BCUT2D eigenvalue weighted by Gasteiger charge is -2.26. The number of hydrogen-bond acceptors (Lipinski definition) is 4. The number of benzene rings is 2. The van der Waals surface area contributed by atoms with Crippen molar-refractivity contribution in [3.05, 3.63) is 81.9 Å². The topological polar surface area (TPSA) is 84.2 Å². The van der Waals surface area contributed by atoms with Crippen LogP contribution in [-0.2, 0) is 0 Å². The van der Waals surface area contributed by atoms with E-state index in [9.17, 15) is 27.9 Å². The number of hydrogen-bond donors (Lipinski definition) is 2. The van der Waals surface area contributed by atoms with Crippen LogP contribution in [-0.4, -0.2) is 32.4 Å². The van der Waals surface area contributed by atoms with Crippen LogP contribution in [0.3, 0.4) is 0 Å². The molecule has 0 spiro atoms. The van der Waals surface area contributed by atoms with Crippen molar-refractivity contribution in [1.82, 2.24) is 15.1 Å². The maximum absolute atomic E-state index is 13.8. The van der Waals surface area contributed by atoms with Crippen LogP contribution in [0.4, 0.5) is 13.2 Å². The molecule has 0 aliphatic carbocycles. The number of amides is 1. The van der Waals surface area contributed by atoms with Gasteiger partial charge in [-0.25, -0.2) is 13.2 Å². The minimum absolute atomic E-state index is 0.0886. The second kappa shape index (κ2) is 8.96. The molecule has 0 saturated heterocycles. The Bertz CT molecular complexity index is 1190. The molecular formula is C23H22F3N3O3. The van der Waals surface area contributed by atoms with E-state index >= 15 is 0 Å². The third-order valence-corrected chi connectivity index (χ3v) is 5.07. The van der Waals surface area contributed by atoms with Crippen molar-refractivity contribution in [1.29, 1.82) is 0 Å². The summed E-state index contributed by atoms with van der Waals surface area (Å²) in [6.07, 6.45) is -2.65. The normalized spacial score (nSPS) is 12.6. The summed E-state index contributed by atoms with van der Waals surface area (Å²) in [6, 6.07) is 10.9. The predicted molar refractivity (Wildman–Crippen MR) is 113 cm³/mol. The van der Waals surface area contributed by atoms with Crippen molar-refractivity contribution in [3.8, 4) is 16.9 Å². The van der Waals surface area contributed by atoms with E-state index in [4.69, 9.17) is 0 Å². The molecule has 0 aliphatic heterocycles. The first kappa shape index (κ1) is 23.2. The third kappa shape index (κ3) is 5.05. The first-order chi connectivity index (χ1) is 15.0. The Morgan fingerprint density at radius 2 is 1.78 bits per heavy atom. The van der Waals surface area contributed by atoms with Gasteiger partial charge < -0.3 is 10.4 Å². The van der Waals surface area contributed by atoms with E-state index < -0.39 is 35.4 Å². The van der Waals surface area contributed by atoms with Gasteiger partial charge in [0.2, 0.25) is 0 Å². The summed E-state index contributed by atoms with van der Waals surface area (Å²) in [5.74, 6) is -1.37. The highest BCUT2D eigenvalue weighted by Crippen LogP contribution is 2.24. The van der Waals surface area contributed by atoms with Gasteiger partial charge in [-0.1, -0.05) is 30.3 Å². The second-order valence-electron chi connectivity index (χ2n) is 7.91. The number of carbonyl (C=O) groups is 1. The van der Waals surface area contributed by atoms with Gasteiger partial charge in [0, 0.05) is 11.1 Å². The third-order valence-electron chi connectivity index (χ3n) is 5.07. The standard InChI is InChI=1S/C23H22F3N3O3/c1-13(23(2,3)32)27-21(30)18-12-19(14-7-9-15(10-8-14)20(25)26)28-29(22(18)31)17-6-4-5-16(24)11-17/h4-13,20,32H,1-3H3,(H,27,30). The molecule has 1 unspecified atom stereocenters. The second-order valence-corrected chi connectivity index (χ2v) is 7.91. The van der Waals surface area contributed by atoms with Gasteiger partial charge in [0.1, 0.15) is 11.4 Å². The summed E-state index contributed by atoms with van der Waals surface area (Å²) in [4.78, 5) is 25.9. The van der Waals surface area contributed by atoms with Crippen LogP contribution < -0.4 is 10.9 Å². The van der Waals surface area contributed by atoms with Crippen molar-refractivity contribution < 1.29 is 23.1 Å². The Balaban J connectivity index is 2.15. The van der Waals surface area contributed by atoms with E-state index in [2.05, 4.69) is 10.4 Å². The van der Waals surface area contributed by atoms with Crippen molar-refractivity contribution in [2.45, 2.75) is 38.8 Å². The minimum Gasteiger partial charge on any atom is -0.388 e. The largest absolute Gasteiger partial charge is 0.388 e. The predicted octanol–water partition coefficient (Wildman–Crippen LogP) is 3.87. The molecule has 9 heteroatoms. The number of aliphatic hydroxyl groups is 1. The molecule has 0 bridgehead atoms. The van der Waals surface area contributed by atoms with Gasteiger partial charge in [0.15, 0.2) is 0 Å². The van der Waals surface area contributed by atoms with E-state index in [0.29, 0.717) is 5.56 Å². The fraction of sp³-hybridized carbons (Fsp3) is 0.261. The van der Waals surface area contributed by atoms with E-state index in [1.54, 1.807) is 6.92 Å². The monoisotopic (exact) mass is 445 g/mol. The smallest absolute Gasteiger partial charge is 0.284 e.